The van der Waals surface area contributed by atoms with Crippen LogP contribution in [0.15, 0.2) is 42.5 Å². The van der Waals surface area contributed by atoms with Crippen molar-refractivity contribution in [2.24, 2.45) is 5.73 Å². The van der Waals surface area contributed by atoms with Crippen LogP contribution in [0.1, 0.15) is 11.1 Å². The number of benzene rings is 2. The average molecular weight is 290 g/mol. The number of nitrogens with two attached hydrogens (primary N) is 1. The van der Waals surface area contributed by atoms with Crippen molar-refractivity contribution >= 4 is 28.6 Å². The van der Waals surface area contributed by atoms with Gasteiger partial charge in [-0.1, -0.05) is 24.4 Å². The maximum Gasteiger partial charge on any atom is 0.124 e. The summed E-state index contributed by atoms with van der Waals surface area (Å²) in [5.41, 5.74) is 8.68. The normalized spacial score (nSPS) is 10.3. The van der Waals surface area contributed by atoms with Crippen molar-refractivity contribution in [3.8, 4) is 0 Å². The second-order valence-electron chi connectivity index (χ2n) is 4.31. The lowest BCUT2D eigenvalue weighted by Gasteiger charge is -2.12. The smallest absolute Gasteiger partial charge is 0.124 e. The Hall–Kier alpha value is -1.98. The molecule has 0 atom stereocenters. The van der Waals surface area contributed by atoms with E-state index < -0.39 is 0 Å². The summed E-state index contributed by atoms with van der Waals surface area (Å²) >= 11 is 4.94. The number of rotatable bonds is 5. The Morgan fingerprint density at radius 1 is 1.30 bits per heavy atom. The standard InChI is InChI=1S/C15H15FN2OS/c1-19-9-10-3-2-4-12(7-10)18-14-6-5-11(16)8-13(14)15(17)20/h2-8,18H,9H2,1H3,(H2,17,20). The number of methoxy groups -OCH3 is 1. The molecule has 0 unspecified atom stereocenters. The molecular weight excluding hydrogens is 275 g/mol. The van der Waals surface area contributed by atoms with Crippen molar-refractivity contribution in [3.05, 3.63) is 59.4 Å². The molecule has 0 aliphatic heterocycles. The van der Waals surface area contributed by atoms with E-state index in [0.717, 1.165) is 11.3 Å². The van der Waals surface area contributed by atoms with Gasteiger partial charge in [-0.3, -0.25) is 0 Å². The quantitative estimate of drug-likeness (QED) is 0.829. The van der Waals surface area contributed by atoms with E-state index >= 15 is 0 Å². The molecular formula is C15H15FN2OS. The molecule has 0 saturated carbocycles. The Balaban J connectivity index is 2.30. The van der Waals surface area contributed by atoms with Crippen molar-refractivity contribution in [2.45, 2.75) is 6.61 Å². The minimum absolute atomic E-state index is 0.153. The summed E-state index contributed by atoms with van der Waals surface area (Å²) in [6, 6.07) is 12.1. The largest absolute Gasteiger partial charge is 0.389 e. The van der Waals surface area contributed by atoms with Gasteiger partial charge in [-0.05, 0) is 35.9 Å². The van der Waals surface area contributed by atoms with Crippen molar-refractivity contribution in [1.82, 2.24) is 0 Å². The van der Waals surface area contributed by atoms with Crippen molar-refractivity contribution in [3.63, 3.8) is 0 Å². The van der Waals surface area contributed by atoms with Crippen LogP contribution in [0.2, 0.25) is 0 Å². The molecule has 0 aliphatic carbocycles. The maximum atomic E-state index is 13.3. The predicted octanol–water partition coefficient (Wildman–Crippen LogP) is 3.35. The molecule has 2 aromatic carbocycles. The first-order valence-corrected chi connectivity index (χ1v) is 6.45. The summed E-state index contributed by atoms with van der Waals surface area (Å²) < 4.78 is 18.3. The van der Waals surface area contributed by atoms with Gasteiger partial charge in [0.15, 0.2) is 0 Å². The zero-order chi connectivity index (χ0) is 14.5. The zero-order valence-corrected chi connectivity index (χ0v) is 11.8. The van der Waals surface area contributed by atoms with Crippen LogP contribution in [0.3, 0.4) is 0 Å². The molecule has 104 valence electrons. The fourth-order valence-corrected chi connectivity index (χ4v) is 2.06. The van der Waals surface area contributed by atoms with Crippen LogP contribution in [-0.2, 0) is 11.3 Å². The first-order valence-electron chi connectivity index (χ1n) is 6.04. The lowest BCUT2D eigenvalue weighted by molar-refractivity contribution is 0.185. The monoisotopic (exact) mass is 290 g/mol. The Kier molecular flexibility index (Phi) is 4.65. The number of thiocarbonyl (C=S) groups is 1. The number of nitrogens with one attached hydrogen (secondary N) is 1. The summed E-state index contributed by atoms with van der Waals surface area (Å²) in [7, 11) is 1.64. The molecule has 0 spiro atoms. The summed E-state index contributed by atoms with van der Waals surface area (Å²) in [5, 5.41) is 3.19. The minimum Gasteiger partial charge on any atom is -0.389 e. The summed E-state index contributed by atoms with van der Waals surface area (Å²) in [6.07, 6.45) is 0. The number of anilines is 2. The van der Waals surface area contributed by atoms with Gasteiger partial charge in [0, 0.05) is 24.0 Å². The Morgan fingerprint density at radius 2 is 2.10 bits per heavy atom. The van der Waals surface area contributed by atoms with E-state index in [1.165, 1.54) is 12.1 Å². The molecule has 3 nitrogen and oxygen atoms in total. The molecule has 0 radical (unpaired) electrons. The first kappa shape index (κ1) is 14.4. The summed E-state index contributed by atoms with van der Waals surface area (Å²) in [6.45, 7) is 0.529. The van der Waals surface area contributed by atoms with Crippen LogP contribution >= 0.6 is 12.2 Å². The number of hydrogen-bond acceptors (Lipinski definition) is 3. The van der Waals surface area contributed by atoms with Gasteiger partial charge >= 0.3 is 0 Å². The lowest BCUT2D eigenvalue weighted by atomic mass is 10.1. The van der Waals surface area contributed by atoms with Gasteiger partial charge in [-0.25, -0.2) is 4.39 Å². The molecule has 2 aromatic rings. The van der Waals surface area contributed by atoms with Gasteiger partial charge in [0.1, 0.15) is 10.8 Å². The van der Waals surface area contributed by atoms with Crippen LogP contribution in [0.5, 0.6) is 0 Å². The fourth-order valence-electron chi connectivity index (χ4n) is 1.89. The van der Waals surface area contributed by atoms with Crippen LogP contribution < -0.4 is 11.1 Å². The highest BCUT2D eigenvalue weighted by Gasteiger charge is 2.07. The van der Waals surface area contributed by atoms with Gasteiger partial charge in [0.05, 0.1) is 6.61 Å². The highest BCUT2D eigenvalue weighted by molar-refractivity contribution is 7.80. The third-order valence-corrected chi connectivity index (χ3v) is 2.98. The van der Waals surface area contributed by atoms with Crippen molar-refractivity contribution in [1.29, 1.82) is 0 Å². The first-order chi connectivity index (χ1) is 9.60. The zero-order valence-electron chi connectivity index (χ0n) is 11.0. The van der Waals surface area contributed by atoms with Gasteiger partial charge in [-0.2, -0.15) is 0 Å². The second-order valence-corrected chi connectivity index (χ2v) is 4.75. The number of ether oxygens (including phenoxy) is 1. The molecule has 2 rings (SSSR count). The van der Waals surface area contributed by atoms with E-state index in [9.17, 15) is 4.39 Å². The molecule has 3 N–H and O–H groups in total. The van der Waals surface area contributed by atoms with E-state index in [1.54, 1.807) is 13.2 Å². The molecule has 0 amide bonds. The lowest BCUT2D eigenvalue weighted by Crippen LogP contribution is -2.12. The maximum absolute atomic E-state index is 13.3. The van der Waals surface area contributed by atoms with Crippen LogP contribution in [0, 0.1) is 5.82 Å². The third kappa shape index (κ3) is 3.53. The van der Waals surface area contributed by atoms with Gasteiger partial charge < -0.3 is 15.8 Å². The van der Waals surface area contributed by atoms with Gasteiger partial charge in [-0.15, -0.1) is 0 Å². The average Bonchev–Trinajstić information content (AvgIpc) is 2.41. The van der Waals surface area contributed by atoms with Crippen molar-refractivity contribution in [2.75, 3.05) is 12.4 Å². The van der Waals surface area contributed by atoms with E-state index in [0.29, 0.717) is 17.9 Å². The third-order valence-electron chi connectivity index (χ3n) is 2.76. The molecule has 0 fully saturated rings. The Morgan fingerprint density at radius 3 is 2.80 bits per heavy atom. The minimum atomic E-state index is -0.369. The van der Waals surface area contributed by atoms with E-state index in [4.69, 9.17) is 22.7 Å². The molecule has 0 bridgehead atoms. The molecule has 0 aromatic heterocycles. The number of hydrogen-bond donors (Lipinski definition) is 2. The summed E-state index contributed by atoms with van der Waals surface area (Å²) in [4.78, 5) is 0.153. The van der Waals surface area contributed by atoms with Crippen LogP contribution in [-0.4, -0.2) is 12.1 Å². The van der Waals surface area contributed by atoms with Gasteiger partial charge in [0.25, 0.3) is 0 Å². The Labute approximate surface area is 122 Å². The number of halogens is 1. The van der Waals surface area contributed by atoms with Crippen LogP contribution in [0.4, 0.5) is 15.8 Å². The van der Waals surface area contributed by atoms with Crippen molar-refractivity contribution < 1.29 is 9.13 Å². The molecule has 5 heteroatoms. The SMILES string of the molecule is COCc1cccc(Nc2ccc(F)cc2C(N)=S)c1. The second kappa shape index (κ2) is 6.45. The van der Waals surface area contributed by atoms with E-state index in [1.807, 2.05) is 24.3 Å². The highest BCUT2D eigenvalue weighted by atomic mass is 32.1. The predicted molar refractivity (Wildman–Crippen MR) is 82.7 cm³/mol. The molecule has 0 aliphatic rings. The van der Waals surface area contributed by atoms with E-state index in [2.05, 4.69) is 5.32 Å². The van der Waals surface area contributed by atoms with E-state index in [-0.39, 0.29) is 10.8 Å². The molecule has 0 heterocycles. The Bertz CT molecular complexity index is 631. The van der Waals surface area contributed by atoms with Gasteiger partial charge in [0.2, 0.25) is 0 Å². The topological polar surface area (TPSA) is 47.3 Å². The van der Waals surface area contributed by atoms with Crippen LogP contribution in [0.25, 0.3) is 0 Å². The molecule has 20 heavy (non-hydrogen) atoms. The fraction of sp³-hybridized carbons (Fsp3) is 0.133. The highest BCUT2D eigenvalue weighted by Crippen LogP contribution is 2.23. The summed E-state index contributed by atoms with van der Waals surface area (Å²) in [5.74, 6) is -0.369. The molecule has 0 saturated heterocycles.